The molecule has 0 aromatic carbocycles. The van der Waals surface area contributed by atoms with Crippen molar-refractivity contribution in [1.82, 2.24) is 4.98 Å². The minimum atomic E-state index is -5.19. The first-order chi connectivity index (χ1) is 10.1. The maximum atomic E-state index is 11.7. The molecule has 1 aromatic heterocycles. The third-order valence-electron chi connectivity index (χ3n) is 2.33. The quantitative estimate of drug-likeness (QED) is 0.347. The summed E-state index contributed by atoms with van der Waals surface area (Å²) < 4.78 is 29.8. The van der Waals surface area contributed by atoms with Gasteiger partial charge in [-0.2, -0.15) is 4.31 Å². The molecule has 0 spiro atoms. The van der Waals surface area contributed by atoms with Gasteiger partial charge in [-0.1, -0.05) is 0 Å². The number of pyridine rings is 1. The van der Waals surface area contributed by atoms with Crippen LogP contribution >= 0.6 is 15.6 Å². The fourth-order valence-electron chi connectivity index (χ4n) is 1.57. The van der Waals surface area contributed by atoms with Gasteiger partial charge in [-0.05, 0) is 0 Å². The van der Waals surface area contributed by atoms with Crippen molar-refractivity contribution >= 4 is 32.8 Å². The van der Waals surface area contributed by atoms with Crippen LogP contribution in [0.4, 0.5) is 17.2 Å². The van der Waals surface area contributed by atoms with Gasteiger partial charge >= 0.3 is 15.6 Å². The number of nitrogens with one attached hydrogen (secondary N) is 3. The number of H-pyrrole nitrogens is 1. The van der Waals surface area contributed by atoms with Crippen molar-refractivity contribution in [2.75, 3.05) is 23.0 Å². The number of nitrogens with two attached hydrogens (primary N) is 1. The lowest BCUT2D eigenvalue weighted by Gasteiger charge is -2.20. The van der Waals surface area contributed by atoms with E-state index in [4.69, 9.17) is 20.4 Å². The summed E-state index contributed by atoms with van der Waals surface area (Å²) in [6.07, 6.45) is 1.32. The van der Waals surface area contributed by atoms with Crippen molar-refractivity contribution in [3.63, 3.8) is 0 Å². The maximum absolute atomic E-state index is 11.7. The van der Waals surface area contributed by atoms with Gasteiger partial charge in [0.15, 0.2) is 0 Å². The molecule has 0 fully saturated rings. The van der Waals surface area contributed by atoms with Gasteiger partial charge in [0.25, 0.3) is 5.56 Å². The normalized spacial score (nSPS) is 16.8. The summed E-state index contributed by atoms with van der Waals surface area (Å²) in [5.74, 6) is 0.140. The molecule has 1 aliphatic rings. The molecule has 2 rings (SSSR count). The number of rotatable bonds is 5. The fourth-order valence-corrected chi connectivity index (χ4v) is 3.13. The van der Waals surface area contributed by atoms with Crippen molar-refractivity contribution in [1.29, 1.82) is 0 Å². The van der Waals surface area contributed by atoms with E-state index in [1.54, 1.807) is 0 Å². The molecule has 122 valence electrons. The molecule has 1 aromatic rings. The Morgan fingerprint density at radius 3 is 2.59 bits per heavy atom. The molecule has 8 N–H and O–H groups in total. The van der Waals surface area contributed by atoms with Crippen molar-refractivity contribution in [3.8, 4) is 0 Å². The van der Waals surface area contributed by atoms with Crippen LogP contribution in [0.25, 0.3) is 0 Å². The highest BCUT2D eigenvalue weighted by Gasteiger charge is 2.32. The molecule has 22 heavy (non-hydrogen) atoms. The van der Waals surface area contributed by atoms with E-state index in [2.05, 4.69) is 24.5 Å². The van der Waals surface area contributed by atoms with Gasteiger partial charge in [0, 0.05) is 12.3 Å². The second-order valence-electron chi connectivity index (χ2n) is 4.10. The van der Waals surface area contributed by atoms with Crippen LogP contribution in [0.15, 0.2) is 22.8 Å². The summed E-state index contributed by atoms with van der Waals surface area (Å²) in [5.41, 5.74) is 5.55. The first kappa shape index (κ1) is 16.7. The molecule has 0 saturated carbocycles. The van der Waals surface area contributed by atoms with Crippen LogP contribution in [-0.2, 0) is 18.0 Å². The third kappa shape index (κ3) is 4.42. The molecule has 0 saturated heterocycles. The van der Waals surface area contributed by atoms with Gasteiger partial charge < -0.3 is 36.0 Å². The smallest absolute Gasteiger partial charge is 0.385 e. The number of hydrogen-bond donors (Lipinski definition) is 7. The Hall–Kier alpha value is -1.65. The molecule has 1 aliphatic heterocycles. The molecule has 0 amide bonds. The number of hydrogen-bond acceptors (Lipinski definition) is 8. The van der Waals surface area contributed by atoms with Gasteiger partial charge in [-0.3, -0.25) is 9.32 Å². The number of nitrogen functional groups attached to an aromatic ring is 1. The summed E-state index contributed by atoms with van der Waals surface area (Å²) in [5, 5.41) is 5.33. The lowest BCUT2D eigenvalue weighted by Crippen LogP contribution is -2.22. The molecular weight excluding hydrogens is 342 g/mol. The van der Waals surface area contributed by atoms with Gasteiger partial charge in [0.05, 0.1) is 11.4 Å². The summed E-state index contributed by atoms with van der Waals surface area (Å²) in [6.45, 7) is -0.579. The lowest BCUT2D eigenvalue weighted by molar-refractivity contribution is 0.188. The maximum Gasteiger partial charge on any atom is 0.481 e. The number of phosphoric acid groups is 2. The Morgan fingerprint density at radius 1 is 1.27 bits per heavy atom. The lowest BCUT2D eigenvalue weighted by atomic mass is 10.2. The van der Waals surface area contributed by atoms with Crippen LogP contribution in [0, 0.1) is 0 Å². The highest BCUT2D eigenvalue weighted by molar-refractivity contribution is 7.60. The Bertz CT molecular complexity index is 768. The second-order valence-corrected chi connectivity index (χ2v) is 6.93. The van der Waals surface area contributed by atoms with E-state index in [0.29, 0.717) is 5.69 Å². The Balaban J connectivity index is 2.05. The average molecular weight is 354 g/mol. The van der Waals surface area contributed by atoms with Crippen molar-refractivity contribution in [2.24, 2.45) is 0 Å². The van der Waals surface area contributed by atoms with E-state index < -0.39 is 27.8 Å². The number of anilines is 3. The molecule has 12 nitrogen and oxygen atoms in total. The first-order valence-electron chi connectivity index (χ1n) is 5.55. The average Bonchev–Trinajstić information content (AvgIpc) is 2.33. The molecule has 1 atom stereocenters. The summed E-state index contributed by atoms with van der Waals surface area (Å²) >= 11 is 0. The van der Waals surface area contributed by atoms with Crippen LogP contribution in [0.3, 0.4) is 0 Å². The SMILES string of the molecule is Nc1cc2c(c(=O)[nH]1)NC(COP(=O)(O)OP(=O)(O)O)=CN2. The summed E-state index contributed by atoms with van der Waals surface area (Å²) in [7, 11) is -10.1. The number of fused-ring (bicyclic) bond motifs is 1. The van der Waals surface area contributed by atoms with Gasteiger partial charge in [0.1, 0.15) is 18.1 Å². The zero-order valence-corrected chi connectivity index (χ0v) is 12.5. The molecule has 14 heteroatoms. The zero-order valence-electron chi connectivity index (χ0n) is 10.7. The minimum Gasteiger partial charge on any atom is -0.385 e. The van der Waals surface area contributed by atoms with E-state index in [0.717, 1.165) is 0 Å². The monoisotopic (exact) mass is 354 g/mol. The molecule has 0 radical (unpaired) electrons. The minimum absolute atomic E-state index is 0.0963. The second kappa shape index (κ2) is 5.86. The summed E-state index contributed by atoms with van der Waals surface area (Å²) in [6, 6.07) is 1.45. The molecule has 0 bridgehead atoms. The Kier molecular flexibility index (Phi) is 4.45. The van der Waals surface area contributed by atoms with Gasteiger partial charge in [0.2, 0.25) is 0 Å². The number of aromatic amines is 1. The first-order valence-corrected chi connectivity index (χ1v) is 8.58. The fraction of sp³-hybridized carbons (Fsp3) is 0.125. The molecule has 1 unspecified atom stereocenters. The van der Waals surface area contributed by atoms with Gasteiger partial charge in [-0.15, -0.1) is 0 Å². The van der Waals surface area contributed by atoms with Crippen LogP contribution < -0.4 is 21.9 Å². The third-order valence-corrected chi connectivity index (χ3v) is 4.47. The largest absolute Gasteiger partial charge is 0.481 e. The van der Waals surface area contributed by atoms with Crippen LogP contribution in [0.1, 0.15) is 0 Å². The van der Waals surface area contributed by atoms with Gasteiger partial charge in [-0.25, -0.2) is 9.13 Å². The topological polar surface area (TPSA) is 196 Å². The number of aromatic nitrogens is 1. The van der Waals surface area contributed by atoms with E-state index >= 15 is 0 Å². The van der Waals surface area contributed by atoms with Crippen molar-refractivity contribution in [3.05, 3.63) is 28.3 Å². The van der Waals surface area contributed by atoms with E-state index in [-0.39, 0.29) is 17.2 Å². The highest BCUT2D eigenvalue weighted by atomic mass is 31.3. The molecule has 0 aliphatic carbocycles. The predicted octanol–water partition coefficient (Wildman–Crippen LogP) is -0.138. The molecular formula is C8H12N4O8P2. The highest BCUT2D eigenvalue weighted by Crippen LogP contribution is 2.57. The molecule has 2 heterocycles. The van der Waals surface area contributed by atoms with E-state index in [1.165, 1.54) is 12.3 Å². The Morgan fingerprint density at radius 2 is 1.95 bits per heavy atom. The Labute approximate surface area is 122 Å². The zero-order chi connectivity index (χ0) is 16.5. The van der Waals surface area contributed by atoms with Crippen LogP contribution in [0.5, 0.6) is 0 Å². The number of phosphoric ester groups is 1. The van der Waals surface area contributed by atoms with E-state index in [1.807, 2.05) is 0 Å². The summed E-state index contributed by atoms with van der Waals surface area (Å²) in [4.78, 5) is 40.1. The van der Waals surface area contributed by atoms with Crippen molar-refractivity contribution in [2.45, 2.75) is 0 Å². The van der Waals surface area contributed by atoms with Crippen LogP contribution in [-0.4, -0.2) is 26.3 Å². The van der Waals surface area contributed by atoms with Crippen LogP contribution in [0.2, 0.25) is 0 Å². The predicted molar refractivity (Wildman–Crippen MR) is 75.7 cm³/mol. The standard InChI is InChI=1S/C8H12N4O8P2/c9-6-1-5-7(8(13)12-6)11-4(2-10-5)3-19-22(17,18)20-21(14,15)16/h1-2,10-11H,3H2,(H,17,18)(H3,9,12,13)(H2,14,15,16). The van der Waals surface area contributed by atoms with Crippen molar-refractivity contribution < 1.29 is 32.6 Å². The van der Waals surface area contributed by atoms with E-state index in [9.17, 15) is 13.9 Å².